The minimum atomic E-state index is -1.40. The summed E-state index contributed by atoms with van der Waals surface area (Å²) in [6.45, 7) is 1.93. The van der Waals surface area contributed by atoms with Gasteiger partial charge in [0, 0.05) is 60.0 Å². The minimum absolute atomic E-state index is 0. The average Bonchev–Trinajstić information content (AvgIpc) is 3.10. The molecule has 7 aromatic rings. The number of carboxylic acid groups (broad SMARTS) is 2. The van der Waals surface area contributed by atoms with Gasteiger partial charge in [0.05, 0.1) is 34.0 Å². The van der Waals surface area contributed by atoms with E-state index < -0.39 is 11.9 Å². The Morgan fingerprint density at radius 3 is 0.961 bits per heavy atom. The van der Waals surface area contributed by atoms with Gasteiger partial charge in [0.15, 0.2) is 0 Å². The molecule has 0 saturated carbocycles. The van der Waals surface area contributed by atoms with E-state index in [1.165, 1.54) is 18.2 Å². The molecule has 0 saturated heterocycles. The van der Waals surface area contributed by atoms with E-state index in [4.69, 9.17) is 10.2 Å². The second-order valence-electron chi connectivity index (χ2n) is 8.90. The Hall–Kier alpha value is -5.52. The molecule has 15 nitrogen and oxygen atoms in total. The maximum atomic E-state index is 10.3. The van der Waals surface area contributed by atoms with Crippen molar-refractivity contribution in [2.24, 2.45) is 0 Å². The average molecular weight is 756 g/mol. The zero-order valence-corrected chi connectivity index (χ0v) is 28.3. The van der Waals surface area contributed by atoms with Crippen molar-refractivity contribution in [1.82, 2.24) is 19.9 Å². The first-order valence-electron chi connectivity index (χ1n) is 13.7. The van der Waals surface area contributed by atoms with Gasteiger partial charge in [0.1, 0.15) is 0 Å². The summed E-state index contributed by atoms with van der Waals surface area (Å²) >= 11 is 0. The summed E-state index contributed by atoms with van der Waals surface area (Å²) in [6.07, 6.45) is 7.21. The van der Waals surface area contributed by atoms with Gasteiger partial charge >= 0.3 is 17.1 Å². The van der Waals surface area contributed by atoms with Gasteiger partial charge in [-0.3, -0.25) is 19.9 Å². The van der Waals surface area contributed by atoms with Gasteiger partial charge in [0.25, 0.3) is 0 Å². The van der Waals surface area contributed by atoms with Gasteiger partial charge in [-0.15, -0.1) is 0 Å². The number of benzene rings is 3. The van der Waals surface area contributed by atoms with E-state index >= 15 is 0 Å². The number of pyridine rings is 4. The number of aliphatic hydroxyl groups excluding tert-OH is 2. The normalized spacial score (nSPS) is 8.63. The van der Waals surface area contributed by atoms with Crippen LogP contribution in [0.1, 0.15) is 27.6 Å². The molecule has 7 rings (SSSR count). The Morgan fingerprint density at radius 2 is 0.745 bits per heavy atom. The van der Waals surface area contributed by atoms with Crippen molar-refractivity contribution in [2.45, 2.75) is 6.92 Å². The number of carbonyl (C=O) groups is 2. The smallest absolute Gasteiger partial charge is 0.545 e. The van der Waals surface area contributed by atoms with E-state index in [2.05, 4.69) is 68.5 Å². The summed E-state index contributed by atoms with van der Waals surface area (Å²) in [7, 11) is 1.00. The fourth-order valence-electron chi connectivity index (χ4n) is 4.13. The Kier molecular flexibility index (Phi) is 28.0. The number of fused-ring (bicyclic) bond motifs is 6. The molecule has 0 aliphatic carbocycles. The maximum absolute atomic E-state index is 10.3. The first-order valence-corrected chi connectivity index (χ1v) is 13.7. The number of aliphatic hydroxyl groups is 2. The van der Waals surface area contributed by atoms with Gasteiger partial charge in [-0.1, -0.05) is 66.7 Å². The van der Waals surface area contributed by atoms with Crippen LogP contribution in [0.3, 0.4) is 0 Å². The van der Waals surface area contributed by atoms with E-state index in [0.29, 0.717) is 0 Å². The molecule has 0 aliphatic rings. The fraction of sp³-hybridized carbons (Fsp3) is 0.0857. The van der Waals surface area contributed by atoms with Crippen molar-refractivity contribution in [1.29, 1.82) is 0 Å². The minimum Gasteiger partial charge on any atom is -0.545 e. The predicted octanol–water partition coefficient (Wildman–Crippen LogP) is -0.539. The van der Waals surface area contributed by atoms with Crippen LogP contribution in [0.5, 0.6) is 0 Å². The van der Waals surface area contributed by atoms with E-state index in [-0.39, 0.29) is 62.2 Å². The third-order valence-corrected chi connectivity index (χ3v) is 6.02. The number of carbonyl (C=O) groups excluding carboxylic acids is 2. The largest absolute Gasteiger partial charge is 2.00 e. The molecule has 0 fully saturated rings. The number of hydrogen-bond acceptors (Lipinski definition) is 10. The number of rotatable bonds is 2. The van der Waals surface area contributed by atoms with Crippen LogP contribution in [-0.4, -0.2) is 83.2 Å². The molecule has 4 aromatic heterocycles. The Labute approximate surface area is 302 Å². The summed E-state index contributed by atoms with van der Waals surface area (Å²) in [5, 5.41) is 39.6. The number of nitrogens with zero attached hydrogens (tertiary/aromatic N) is 4. The molecule has 0 bridgehead atoms. The molecule has 0 spiro atoms. The Bertz CT molecular complexity index is 1790. The summed E-state index contributed by atoms with van der Waals surface area (Å²) in [4.78, 5) is 37.9. The van der Waals surface area contributed by atoms with Crippen molar-refractivity contribution in [3.05, 3.63) is 133 Å². The van der Waals surface area contributed by atoms with Crippen molar-refractivity contribution < 1.29 is 74.5 Å². The second kappa shape index (κ2) is 27.3. The first-order chi connectivity index (χ1) is 21.9. The zero-order chi connectivity index (χ0) is 32.6. The molecule has 51 heavy (non-hydrogen) atoms. The third-order valence-electron chi connectivity index (χ3n) is 6.02. The summed E-state index contributed by atoms with van der Waals surface area (Å²) in [6, 6.07) is 29.1. The Balaban J connectivity index is -0.000000290. The van der Waals surface area contributed by atoms with E-state index in [0.717, 1.165) is 56.8 Å². The van der Waals surface area contributed by atoms with Crippen LogP contribution in [-0.2, 0) is 17.1 Å². The van der Waals surface area contributed by atoms with Gasteiger partial charge in [0.2, 0.25) is 0 Å². The zero-order valence-electron chi connectivity index (χ0n) is 27.4. The number of hydrogen-bond donors (Lipinski definition) is 2. The van der Waals surface area contributed by atoms with Crippen LogP contribution in [0.2, 0.25) is 0 Å². The third kappa shape index (κ3) is 14.5. The molecule has 3 aromatic carbocycles. The fourth-order valence-corrected chi connectivity index (χ4v) is 4.13. The van der Waals surface area contributed by atoms with E-state index in [1.807, 2.05) is 24.3 Å². The maximum Gasteiger partial charge on any atom is 2.00 e. The van der Waals surface area contributed by atoms with E-state index in [1.54, 1.807) is 31.7 Å². The first kappa shape index (κ1) is 52.3. The van der Waals surface area contributed by atoms with Crippen LogP contribution in [0, 0.1) is 0 Å². The molecule has 0 unspecified atom stereocenters. The quantitative estimate of drug-likeness (QED) is 0.168. The van der Waals surface area contributed by atoms with Gasteiger partial charge < -0.3 is 57.4 Å². The summed E-state index contributed by atoms with van der Waals surface area (Å²) < 4.78 is 0. The molecule has 12 N–H and O–H groups in total. The molecule has 0 amide bonds. The Morgan fingerprint density at radius 1 is 0.510 bits per heavy atom. The number of carboxylic acids is 2. The summed E-state index contributed by atoms with van der Waals surface area (Å²) in [5.41, 5.74) is 3.57. The number of aromatic nitrogens is 4. The van der Waals surface area contributed by atoms with Crippen LogP contribution in [0.15, 0.2) is 122 Å². The van der Waals surface area contributed by atoms with E-state index in [9.17, 15) is 19.8 Å². The molecule has 0 atom stereocenters. The van der Waals surface area contributed by atoms with Crippen molar-refractivity contribution in [2.75, 3.05) is 13.7 Å². The molecule has 1 radical (unpaired) electrons. The predicted molar refractivity (Wildman–Crippen MR) is 188 cm³/mol. The second-order valence-corrected chi connectivity index (χ2v) is 8.90. The van der Waals surface area contributed by atoms with Crippen molar-refractivity contribution in [3.8, 4) is 0 Å². The molecular formula is C35H40CuN4O11. The molecule has 16 heteroatoms. The summed E-state index contributed by atoms with van der Waals surface area (Å²) in [5.74, 6) is -2.81. The molecule has 0 aliphatic heterocycles. The van der Waals surface area contributed by atoms with Gasteiger partial charge in [-0.25, -0.2) is 0 Å². The monoisotopic (exact) mass is 755 g/mol. The molecule has 4 heterocycles. The van der Waals surface area contributed by atoms with Crippen LogP contribution >= 0.6 is 0 Å². The molecular weight excluding hydrogens is 716 g/mol. The molecule has 277 valence electrons. The van der Waals surface area contributed by atoms with Crippen LogP contribution in [0.4, 0.5) is 0 Å². The number of aromatic carboxylic acids is 2. The van der Waals surface area contributed by atoms with Crippen molar-refractivity contribution in [3.63, 3.8) is 0 Å². The topological polar surface area (TPSA) is 330 Å². The van der Waals surface area contributed by atoms with Gasteiger partial charge in [-0.2, -0.15) is 0 Å². The SMILES string of the molecule is CCO.CO.O.O.O.O.O.O=C([O-])c1cccc(C(=O)[O-])c1.[Cu+2].c1cnc2c(c1)ccc1cccnc12.c1cnc2c(c1)ccc1cccnc12. The van der Waals surface area contributed by atoms with Crippen molar-refractivity contribution >= 4 is 55.6 Å². The standard InChI is InChI=1S/2C12H8N2.C8H6O4.C2H6O.CH4O.Cu.5H2O/c2*1-3-9-5-6-10-4-2-8-14-12(10)11(9)13-7-1;9-7(10)5-2-1-3-6(4-5)8(11)12;1-2-3;1-2;;;;;;/h2*1-8H;1-4H,(H,9,10)(H,11,12);3H,2H2,1H3;2H,1H3;;5*1H2/q;;;;;+2;;;;;/p-2. The van der Waals surface area contributed by atoms with Crippen LogP contribution < -0.4 is 10.2 Å². The van der Waals surface area contributed by atoms with Gasteiger partial charge in [-0.05, 0) is 48.4 Å². The van der Waals surface area contributed by atoms with Crippen LogP contribution in [0.25, 0.3) is 43.6 Å².